The largest absolute Gasteiger partial charge is 0.378 e. The molecule has 0 aliphatic rings. The molecule has 2 N–H and O–H groups in total. The van der Waals surface area contributed by atoms with Gasteiger partial charge in [0.2, 0.25) is 5.91 Å². The molecule has 5 heteroatoms. The van der Waals surface area contributed by atoms with E-state index in [0.717, 1.165) is 16.6 Å². The number of hydrogen-bond acceptors (Lipinski definition) is 3. The molecule has 0 atom stereocenters. The highest BCUT2D eigenvalue weighted by molar-refractivity contribution is 6.09. The zero-order valence-corrected chi connectivity index (χ0v) is 13.7. The molecule has 0 spiro atoms. The maximum absolute atomic E-state index is 12.6. The summed E-state index contributed by atoms with van der Waals surface area (Å²) >= 11 is 0. The third kappa shape index (κ3) is 3.30. The van der Waals surface area contributed by atoms with E-state index in [4.69, 9.17) is 0 Å². The number of carbonyl (C=O) groups excluding carboxylic acids is 2. The molecule has 0 bridgehead atoms. The number of amides is 1. The van der Waals surface area contributed by atoms with Crippen LogP contribution in [0.1, 0.15) is 17.3 Å². The topological polar surface area (TPSA) is 63.1 Å². The second-order valence-corrected chi connectivity index (χ2v) is 5.71. The van der Waals surface area contributed by atoms with Crippen LogP contribution in [0, 0.1) is 0 Å². The second-order valence-electron chi connectivity index (χ2n) is 5.71. The lowest BCUT2D eigenvalue weighted by Crippen LogP contribution is -2.14. The van der Waals surface area contributed by atoms with Crippen LogP contribution in [0.4, 0.5) is 11.4 Å². The molecule has 24 heavy (non-hydrogen) atoms. The SMILES string of the molecule is CC(=O)Nc1cccc(NCC(=O)c2cn(C)c3ccccc23)c1. The Morgan fingerprint density at radius 2 is 1.79 bits per heavy atom. The van der Waals surface area contributed by atoms with Gasteiger partial charge in [-0.2, -0.15) is 0 Å². The molecule has 0 unspecified atom stereocenters. The van der Waals surface area contributed by atoms with Crippen LogP contribution >= 0.6 is 0 Å². The minimum absolute atomic E-state index is 0.0248. The van der Waals surface area contributed by atoms with Gasteiger partial charge < -0.3 is 15.2 Å². The van der Waals surface area contributed by atoms with Crippen LogP contribution in [-0.4, -0.2) is 22.8 Å². The normalized spacial score (nSPS) is 10.6. The first-order chi connectivity index (χ1) is 11.5. The summed E-state index contributed by atoms with van der Waals surface area (Å²) in [7, 11) is 1.93. The summed E-state index contributed by atoms with van der Waals surface area (Å²) in [5.74, 6) is -0.101. The van der Waals surface area contributed by atoms with Gasteiger partial charge in [-0.25, -0.2) is 0 Å². The predicted molar refractivity (Wildman–Crippen MR) is 96.5 cm³/mol. The van der Waals surface area contributed by atoms with Crippen molar-refractivity contribution in [3.8, 4) is 0 Å². The van der Waals surface area contributed by atoms with Crippen LogP contribution < -0.4 is 10.6 Å². The van der Waals surface area contributed by atoms with E-state index in [-0.39, 0.29) is 18.2 Å². The van der Waals surface area contributed by atoms with Gasteiger partial charge in [-0.15, -0.1) is 0 Å². The van der Waals surface area contributed by atoms with E-state index in [1.165, 1.54) is 6.92 Å². The molecule has 1 heterocycles. The molecule has 0 fully saturated rings. The zero-order chi connectivity index (χ0) is 17.1. The molecule has 3 rings (SSSR count). The number of ketones is 1. The fourth-order valence-corrected chi connectivity index (χ4v) is 2.75. The molecule has 122 valence electrons. The Morgan fingerprint density at radius 3 is 2.58 bits per heavy atom. The van der Waals surface area contributed by atoms with Crippen molar-refractivity contribution in [1.29, 1.82) is 0 Å². The van der Waals surface area contributed by atoms with Crippen molar-refractivity contribution in [3.63, 3.8) is 0 Å². The maximum atomic E-state index is 12.6. The summed E-state index contributed by atoms with van der Waals surface area (Å²) in [6.07, 6.45) is 1.86. The van der Waals surface area contributed by atoms with E-state index in [2.05, 4.69) is 10.6 Å². The first-order valence-electron chi connectivity index (χ1n) is 7.73. The highest BCUT2D eigenvalue weighted by Crippen LogP contribution is 2.21. The molecule has 3 aromatic rings. The van der Waals surface area contributed by atoms with Gasteiger partial charge in [-0.1, -0.05) is 24.3 Å². The number of aromatic nitrogens is 1. The van der Waals surface area contributed by atoms with E-state index < -0.39 is 0 Å². The molecule has 5 nitrogen and oxygen atoms in total. The smallest absolute Gasteiger partial charge is 0.221 e. The fourth-order valence-electron chi connectivity index (χ4n) is 2.75. The van der Waals surface area contributed by atoms with Crippen LogP contribution in [0.15, 0.2) is 54.7 Å². The van der Waals surface area contributed by atoms with Crippen molar-refractivity contribution in [2.45, 2.75) is 6.92 Å². The number of nitrogens with zero attached hydrogens (tertiary/aromatic N) is 1. The molecule has 0 aliphatic heterocycles. The van der Waals surface area contributed by atoms with Gasteiger partial charge in [0.05, 0.1) is 6.54 Å². The van der Waals surface area contributed by atoms with Gasteiger partial charge in [0.15, 0.2) is 5.78 Å². The Kier molecular flexibility index (Phi) is 4.33. The number of fused-ring (bicyclic) bond motifs is 1. The minimum Gasteiger partial charge on any atom is -0.378 e. The fraction of sp³-hybridized carbons (Fsp3) is 0.158. The van der Waals surface area contributed by atoms with Gasteiger partial charge in [-0.3, -0.25) is 9.59 Å². The standard InChI is InChI=1S/C19H19N3O2/c1-13(23)21-15-7-5-6-14(10-15)20-11-19(24)17-12-22(2)18-9-4-3-8-16(17)18/h3-10,12,20H,11H2,1-2H3,(H,21,23). The molecule has 0 aliphatic carbocycles. The number of hydrogen-bond donors (Lipinski definition) is 2. The van der Waals surface area contributed by atoms with Crippen LogP contribution in [0.5, 0.6) is 0 Å². The van der Waals surface area contributed by atoms with Crippen LogP contribution in [0.2, 0.25) is 0 Å². The number of benzene rings is 2. The highest BCUT2D eigenvalue weighted by Gasteiger charge is 2.13. The third-order valence-corrected chi connectivity index (χ3v) is 3.83. The van der Waals surface area contributed by atoms with Gasteiger partial charge in [0.1, 0.15) is 0 Å². The molecular formula is C19H19N3O2. The first-order valence-corrected chi connectivity index (χ1v) is 7.73. The van der Waals surface area contributed by atoms with Crippen molar-refractivity contribution >= 4 is 34.0 Å². The number of para-hydroxylation sites is 1. The molecular weight excluding hydrogens is 302 g/mol. The summed E-state index contributed by atoms with van der Waals surface area (Å²) in [5, 5.41) is 6.80. The van der Waals surface area contributed by atoms with E-state index >= 15 is 0 Å². The number of aryl methyl sites for hydroxylation is 1. The molecule has 0 saturated heterocycles. The predicted octanol–water partition coefficient (Wildman–Crippen LogP) is 3.43. The summed E-state index contributed by atoms with van der Waals surface area (Å²) in [4.78, 5) is 23.7. The van der Waals surface area contributed by atoms with Crippen LogP contribution in [-0.2, 0) is 11.8 Å². The summed E-state index contributed by atoms with van der Waals surface area (Å²) in [6.45, 7) is 1.65. The molecule has 1 amide bonds. The van der Waals surface area contributed by atoms with E-state index in [1.54, 1.807) is 12.1 Å². The van der Waals surface area contributed by atoms with Gasteiger partial charge in [-0.05, 0) is 24.3 Å². The van der Waals surface area contributed by atoms with E-state index in [1.807, 2.05) is 54.2 Å². The Bertz CT molecular complexity index is 912. The van der Waals surface area contributed by atoms with Crippen molar-refractivity contribution < 1.29 is 9.59 Å². The Hall–Kier alpha value is -3.08. The lowest BCUT2D eigenvalue weighted by atomic mass is 10.1. The van der Waals surface area contributed by atoms with Gasteiger partial charge in [0.25, 0.3) is 0 Å². The summed E-state index contributed by atoms with van der Waals surface area (Å²) in [6, 6.07) is 15.1. The highest BCUT2D eigenvalue weighted by atomic mass is 16.1. The first kappa shape index (κ1) is 15.8. The van der Waals surface area contributed by atoms with Crippen molar-refractivity contribution in [3.05, 3.63) is 60.3 Å². The van der Waals surface area contributed by atoms with Gasteiger partial charge in [0, 0.05) is 48.0 Å². The lowest BCUT2D eigenvalue weighted by Gasteiger charge is -2.08. The number of rotatable bonds is 5. The average molecular weight is 321 g/mol. The van der Waals surface area contributed by atoms with Crippen molar-refractivity contribution in [2.24, 2.45) is 7.05 Å². The average Bonchev–Trinajstić information content (AvgIpc) is 2.90. The van der Waals surface area contributed by atoms with Crippen molar-refractivity contribution in [2.75, 3.05) is 17.2 Å². The third-order valence-electron chi connectivity index (χ3n) is 3.83. The lowest BCUT2D eigenvalue weighted by molar-refractivity contribution is -0.114. The number of nitrogens with one attached hydrogen (secondary N) is 2. The molecule has 2 aromatic carbocycles. The van der Waals surface area contributed by atoms with Crippen LogP contribution in [0.3, 0.4) is 0 Å². The monoisotopic (exact) mass is 321 g/mol. The second kappa shape index (κ2) is 6.58. The van der Waals surface area contributed by atoms with E-state index in [9.17, 15) is 9.59 Å². The zero-order valence-electron chi connectivity index (χ0n) is 13.7. The quantitative estimate of drug-likeness (QED) is 0.708. The maximum Gasteiger partial charge on any atom is 0.221 e. The van der Waals surface area contributed by atoms with Crippen LogP contribution in [0.25, 0.3) is 10.9 Å². The van der Waals surface area contributed by atoms with Gasteiger partial charge >= 0.3 is 0 Å². The summed E-state index contributed by atoms with van der Waals surface area (Å²) in [5.41, 5.74) is 3.23. The minimum atomic E-state index is -0.126. The Labute approximate surface area is 140 Å². The Morgan fingerprint density at radius 1 is 1.04 bits per heavy atom. The Balaban J connectivity index is 1.74. The number of carbonyl (C=O) groups is 2. The molecule has 0 saturated carbocycles. The van der Waals surface area contributed by atoms with Crippen molar-refractivity contribution in [1.82, 2.24) is 4.57 Å². The summed E-state index contributed by atoms with van der Waals surface area (Å²) < 4.78 is 1.96. The molecule has 0 radical (unpaired) electrons. The van der Waals surface area contributed by atoms with E-state index in [0.29, 0.717) is 11.3 Å². The number of Topliss-reactive ketones (excluding diaryl/α,β-unsaturated/α-hetero) is 1. The number of anilines is 2. The molecule has 1 aromatic heterocycles.